The van der Waals surface area contributed by atoms with Crippen LogP contribution < -0.4 is 15.5 Å². The molecule has 0 bridgehead atoms. The van der Waals surface area contributed by atoms with Crippen LogP contribution in [-0.4, -0.2) is 50.7 Å². The zero-order chi connectivity index (χ0) is 19.1. The van der Waals surface area contributed by atoms with Gasteiger partial charge in [0.2, 0.25) is 0 Å². The summed E-state index contributed by atoms with van der Waals surface area (Å²) in [6.07, 6.45) is 5.69. The lowest BCUT2D eigenvalue weighted by molar-refractivity contribution is 0.589. The molecule has 0 atom stereocenters. The molecule has 0 aliphatic carbocycles. The van der Waals surface area contributed by atoms with Crippen molar-refractivity contribution in [3.63, 3.8) is 0 Å². The fourth-order valence-corrected chi connectivity index (χ4v) is 3.74. The lowest BCUT2D eigenvalue weighted by Crippen LogP contribution is -2.43. The molecule has 0 unspecified atom stereocenters. The minimum Gasteiger partial charge on any atom is -0.369 e. The van der Waals surface area contributed by atoms with Crippen molar-refractivity contribution >= 4 is 33.7 Å². The number of benzene rings is 1. The molecule has 0 amide bonds. The molecule has 0 spiro atoms. The van der Waals surface area contributed by atoms with E-state index in [0.29, 0.717) is 0 Å². The molecule has 5 rings (SSSR count). The molecule has 1 aliphatic rings. The Hall–Kier alpha value is -3.26. The first kappa shape index (κ1) is 16.9. The predicted molar refractivity (Wildman–Crippen MR) is 110 cm³/mol. The Morgan fingerprint density at radius 3 is 2.79 bits per heavy atom. The highest BCUT2D eigenvalue weighted by Crippen LogP contribution is 2.27. The van der Waals surface area contributed by atoms with Crippen molar-refractivity contribution in [3.8, 4) is 0 Å². The van der Waals surface area contributed by atoms with E-state index in [0.717, 1.165) is 65.6 Å². The molecule has 8 nitrogen and oxygen atoms in total. The van der Waals surface area contributed by atoms with Crippen LogP contribution in [0.4, 0.5) is 17.2 Å². The molecule has 4 aromatic rings. The molecule has 0 radical (unpaired) electrons. The molecule has 1 saturated heterocycles. The van der Waals surface area contributed by atoms with Crippen molar-refractivity contribution in [2.75, 3.05) is 36.4 Å². The minimum absolute atomic E-state index is 0.753. The molecule has 142 valence electrons. The van der Waals surface area contributed by atoms with Gasteiger partial charge in [-0.3, -0.25) is 0 Å². The zero-order valence-electron chi connectivity index (χ0n) is 16.0. The second-order valence-corrected chi connectivity index (χ2v) is 7.15. The SMILES string of the molecule is Cc1cn2cc(Nc3cnnc4cc(N5CCNCC5)ccc34)nc(C)c2n1. The smallest absolute Gasteiger partial charge is 0.158 e. The number of aryl methyl sites for hydroxylation is 2. The van der Waals surface area contributed by atoms with Gasteiger partial charge < -0.3 is 19.9 Å². The lowest BCUT2D eigenvalue weighted by Gasteiger charge is -2.29. The Labute approximate surface area is 162 Å². The fourth-order valence-electron chi connectivity index (χ4n) is 3.74. The topological polar surface area (TPSA) is 83.3 Å². The van der Waals surface area contributed by atoms with Gasteiger partial charge in [0.15, 0.2) is 5.65 Å². The zero-order valence-corrected chi connectivity index (χ0v) is 16.0. The van der Waals surface area contributed by atoms with Gasteiger partial charge in [0.05, 0.1) is 35.0 Å². The lowest BCUT2D eigenvalue weighted by atomic mass is 10.1. The number of hydrogen-bond donors (Lipinski definition) is 2. The second-order valence-electron chi connectivity index (χ2n) is 7.15. The van der Waals surface area contributed by atoms with Crippen molar-refractivity contribution < 1.29 is 0 Å². The summed E-state index contributed by atoms with van der Waals surface area (Å²) >= 11 is 0. The summed E-state index contributed by atoms with van der Waals surface area (Å²) in [5, 5.41) is 16.3. The molecule has 1 fully saturated rings. The Morgan fingerprint density at radius 2 is 1.93 bits per heavy atom. The van der Waals surface area contributed by atoms with Crippen molar-refractivity contribution in [2.24, 2.45) is 0 Å². The van der Waals surface area contributed by atoms with E-state index >= 15 is 0 Å². The van der Waals surface area contributed by atoms with Crippen LogP contribution in [0.25, 0.3) is 16.6 Å². The van der Waals surface area contributed by atoms with Gasteiger partial charge in [-0.15, -0.1) is 0 Å². The third-order valence-electron chi connectivity index (χ3n) is 5.09. The largest absolute Gasteiger partial charge is 0.369 e. The number of nitrogens with zero attached hydrogens (tertiary/aromatic N) is 6. The van der Waals surface area contributed by atoms with E-state index in [4.69, 9.17) is 0 Å². The predicted octanol–water partition coefficient (Wildman–Crippen LogP) is 2.44. The number of aromatic nitrogens is 5. The van der Waals surface area contributed by atoms with E-state index in [1.165, 1.54) is 5.69 Å². The number of imidazole rings is 1. The van der Waals surface area contributed by atoms with Gasteiger partial charge in [-0.05, 0) is 32.0 Å². The molecule has 28 heavy (non-hydrogen) atoms. The normalized spacial score (nSPS) is 14.7. The molecule has 0 saturated carbocycles. The first-order chi connectivity index (χ1) is 13.7. The van der Waals surface area contributed by atoms with Gasteiger partial charge >= 0.3 is 0 Å². The molecule has 8 heteroatoms. The fraction of sp³-hybridized carbons (Fsp3) is 0.300. The molecule has 1 aromatic carbocycles. The Kier molecular flexibility index (Phi) is 4.05. The van der Waals surface area contributed by atoms with Gasteiger partial charge in [-0.25, -0.2) is 9.97 Å². The summed E-state index contributed by atoms with van der Waals surface area (Å²) in [7, 11) is 0. The second kappa shape index (κ2) is 6.72. The van der Waals surface area contributed by atoms with E-state index in [1.54, 1.807) is 6.20 Å². The molecule has 1 aliphatic heterocycles. The summed E-state index contributed by atoms with van der Waals surface area (Å²) in [4.78, 5) is 11.5. The third-order valence-corrected chi connectivity index (χ3v) is 5.09. The van der Waals surface area contributed by atoms with E-state index in [1.807, 2.05) is 30.6 Å². The minimum atomic E-state index is 0.753. The monoisotopic (exact) mass is 374 g/mol. The van der Waals surface area contributed by atoms with Crippen LogP contribution in [0.15, 0.2) is 36.8 Å². The van der Waals surface area contributed by atoms with Crippen LogP contribution >= 0.6 is 0 Å². The maximum Gasteiger partial charge on any atom is 0.158 e. The quantitative estimate of drug-likeness (QED) is 0.570. The summed E-state index contributed by atoms with van der Waals surface area (Å²) in [6, 6.07) is 6.37. The highest BCUT2D eigenvalue weighted by molar-refractivity contribution is 5.93. The molecule has 2 N–H and O–H groups in total. The highest BCUT2D eigenvalue weighted by atomic mass is 15.2. The first-order valence-electron chi connectivity index (χ1n) is 9.48. The first-order valence-corrected chi connectivity index (χ1v) is 9.48. The summed E-state index contributed by atoms with van der Waals surface area (Å²) in [5.74, 6) is 0.753. The molecule has 4 heterocycles. The number of fused-ring (bicyclic) bond motifs is 2. The van der Waals surface area contributed by atoms with Crippen molar-refractivity contribution in [1.82, 2.24) is 29.9 Å². The average molecular weight is 374 g/mol. The van der Waals surface area contributed by atoms with Gasteiger partial charge in [-0.2, -0.15) is 10.2 Å². The number of anilines is 3. The summed E-state index contributed by atoms with van der Waals surface area (Å²) < 4.78 is 2.00. The number of hydrogen-bond acceptors (Lipinski definition) is 7. The van der Waals surface area contributed by atoms with Crippen LogP contribution in [0.3, 0.4) is 0 Å². The standard InChI is InChI=1S/C20H22N8/c1-13-11-28-12-19(24-14(2)20(28)23-13)25-18-10-22-26-17-9-15(3-4-16(17)18)27-7-5-21-6-8-27/h3-4,9-12,21H,5-8H2,1-2H3,(H,25,26). The van der Waals surface area contributed by atoms with Crippen LogP contribution in [0, 0.1) is 13.8 Å². The summed E-state index contributed by atoms with van der Waals surface area (Å²) in [5.41, 5.74) is 5.67. The Bertz CT molecular complexity index is 1160. The van der Waals surface area contributed by atoms with Gasteiger partial charge in [0.1, 0.15) is 5.82 Å². The highest BCUT2D eigenvalue weighted by Gasteiger charge is 2.13. The number of piperazine rings is 1. The molecule has 3 aromatic heterocycles. The van der Waals surface area contributed by atoms with E-state index < -0.39 is 0 Å². The van der Waals surface area contributed by atoms with Crippen LogP contribution in [-0.2, 0) is 0 Å². The Morgan fingerprint density at radius 1 is 1.07 bits per heavy atom. The average Bonchev–Trinajstić information content (AvgIpc) is 3.09. The number of rotatable bonds is 3. The number of nitrogens with one attached hydrogen (secondary N) is 2. The molecular formula is C20H22N8. The van der Waals surface area contributed by atoms with Crippen LogP contribution in [0.2, 0.25) is 0 Å². The Balaban J connectivity index is 1.50. The van der Waals surface area contributed by atoms with E-state index in [-0.39, 0.29) is 0 Å². The van der Waals surface area contributed by atoms with Gasteiger partial charge in [0.25, 0.3) is 0 Å². The van der Waals surface area contributed by atoms with E-state index in [9.17, 15) is 0 Å². The van der Waals surface area contributed by atoms with Crippen LogP contribution in [0.5, 0.6) is 0 Å². The van der Waals surface area contributed by atoms with Crippen molar-refractivity contribution in [3.05, 3.63) is 48.2 Å². The van der Waals surface area contributed by atoms with Crippen molar-refractivity contribution in [2.45, 2.75) is 13.8 Å². The van der Waals surface area contributed by atoms with Crippen LogP contribution in [0.1, 0.15) is 11.4 Å². The van der Waals surface area contributed by atoms with E-state index in [2.05, 4.69) is 53.9 Å². The maximum atomic E-state index is 4.65. The van der Waals surface area contributed by atoms with Gasteiger partial charge in [-0.1, -0.05) is 0 Å². The van der Waals surface area contributed by atoms with Crippen molar-refractivity contribution in [1.29, 1.82) is 0 Å². The maximum absolute atomic E-state index is 4.65. The third kappa shape index (κ3) is 3.01. The van der Waals surface area contributed by atoms with Gasteiger partial charge in [0, 0.05) is 43.4 Å². The molecular weight excluding hydrogens is 352 g/mol. The summed E-state index contributed by atoms with van der Waals surface area (Å²) in [6.45, 7) is 7.97.